The molecule has 31 heavy (non-hydrogen) atoms. The van der Waals surface area contributed by atoms with Crippen LogP contribution in [-0.4, -0.2) is 45.9 Å². The first-order valence-corrected chi connectivity index (χ1v) is 11.3. The SMILES string of the molecule is COc1cc(CNC(=O)C2CCN(S(=O)(=O)c3ccc(C#N)cc3)CC2)cc(OC)c1. The summed E-state index contributed by atoms with van der Waals surface area (Å²) in [5.74, 6) is 0.937. The van der Waals surface area contributed by atoms with Crippen LogP contribution in [0.3, 0.4) is 0 Å². The Balaban J connectivity index is 1.56. The van der Waals surface area contributed by atoms with Gasteiger partial charge in [0.25, 0.3) is 0 Å². The molecule has 1 fully saturated rings. The largest absolute Gasteiger partial charge is 0.497 e. The molecular weight excluding hydrogens is 418 g/mol. The van der Waals surface area contributed by atoms with Gasteiger partial charge in [-0.2, -0.15) is 9.57 Å². The topological polar surface area (TPSA) is 109 Å². The maximum Gasteiger partial charge on any atom is 0.243 e. The molecule has 1 aliphatic rings. The highest BCUT2D eigenvalue weighted by atomic mass is 32.2. The number of rotatable bonds is 7. The molecule has 3 rings (SSSR count). The average Bonchev–Trinajstić information content (AvgIpc) is 2.82. The van der Waals surface area contributed by atoms with Gasteiger partial charge in [-0.1, -0.05) is 0 Å². The Labute approximate surface area is 182 Å². The quantitative estimate of drug-likeness (QED) is 0.703. The van der Waals surface area contributed by atoms with Crippen LogP contribution in [0.4, 0.5) is 0 Å². The van der Waals surface area contributed by atoms with Crippen molar-refractivity contribution in [1.82, 2.24) is 9.62 Å². The van der Waals surface area contributed by atoms with Crippen molar-refractivity contribution in [1.29, 1.82) is 5.26 Å². The zero-order chi connectivity index (χ0) is 22.4. The molecule has 1 N–H and O–H groups in total. The highest BCUT2D eigenvalue weighted by Crippen LogP contribution is 2.25. The Morgan fingerprint density at radius 2 is 1.68 bits per heavy atom. The predicted octanol–water partition coefficient (Wildman–Crippen LogP) is 2.29. The van der Waals surface area contributed by atoms with Gasteiger partial charge in [0.05, 0.1) is 30.7 Å². The third-order valence-corrected chi connectivity index (χ3v) is 7.24. The van der Waals surface area contributed by atoms with E-state index < -0.39 is 10.0 Å². The minimum atomic E-state index is -3.64. The number of carbonyl (C=O) groups excluding carboxylic acids is 1. The number of nitriles is 1. The zero-order valence-electron chi connectivity index (χ0n) is 17.5. The molecule has 0 atom stereocenters. The highest BCUT2D eigenvalue weighted by molar-refractivity contribution is 7.89. The molecule has 0 aromatic heterocycles. The Kier molecular flexibility index (Phi) is 7.15. The molecule has 1 heterocycles. The first-order chi connectivity index (χ1) is 14.9. The average molecular weight is 444 g/mol. The summed E-state index contributed by atoms with van der Waals surface area (Å²) in [6.07, 6.45) is 0.894. The number of benzene rings is 2. The monoisotopic (exact) mass is 443 g/mol. The standard InChI is InChI=1S/C22H25N3O5S/c1-29-19-11-17(12-20(13-19)30-2)15-24-22(26)18-7-9-25(10-8-18)31(27,28)21-5-3-16(14-23)4-6-21/h3-6,11-13,18H,7-10,15H2,1-2H3,(H,24,26). The van der Waals surface area contributed by atoms with Crippen LogP contribution < -0.4 is 14.8 Å². The molecule has 0 aliphatic carbocycles. The van der Waals surface area contributed by atoms with Gasteiger partial charge in [-0.3, -0.25) is 4.79 Å². The lowest BCUT2D eigenvalue weighted by atomic mass is 9.97. The van der Waals surface area contributed by atoms with Gasteiger partial charge in [0.15, 0.2) is 0 Å². The lowest BCUT2D eigenvalue weighted by Gasteiger charge is -2.30. The van der Waals surface area contributed by atoms with Crippen LogP contribution in [0.5, 0.6) is 11.5 Å². The fourth-order valence-corrected chi connectivity index (χ4v) is 4.98. The van der Waals surface area contributed by atoms with E-state index in [1.54, 1.807) is 20.3 Å². The van der Waals surface area contributed by atoms with Crippen molar-refractivity contribution in [3.8, 4) is 17.6 Å². The van der Waals surface area contributed by atoms with Crippen molar-refractivity contribution in [3.63, 3.8) is 0 Å². The number of hydrogen-bond donors (Lipinski definition) is 1. The molecule has 1 saturated heterocycles. The number of nitrogens with zero attached hydrogens (tertiary/aromatic N) is 2. The molecule has 0 bridgehead atoms. The molecule has 0 radical (unpaired) electrons. The summed E-state index contributed by atoms with van der Waals surface area (Å²) in [4.78, 5) is 12.8. The van der Waals surface area contributed by atoms with Gasteiger partial charge >= 0.3 is 0 Å². The number of ether oxygens (including phenoxy) is 2. The summed E-state index contributed by atoms with van der Waals surface area (Å²) in [6.45, 7) is 0.872. The molecule has 1 amide bonds. The summed E-state index contributed by atoms with van der Waals surface area (Å²) in [7, 11) is -0.510. The molecule has 0 saturated carbocycles. The van der Waals surface area contributed by atoms with Crippen LogP contribution in [0.25, 0.3) is 0 Å². The number of hydrogen-bond acceptors (Lipinski definition) is 6. The van der Waals surface area contributed by atoms with Gasteiger partial charge in [-0.15, -0.1) is 0 Å². The van der Waals surface area contributed by atoms with Gasteiger partial charge in [0, 0.05) is 31.6 Å². The first-order valence-electron chi connectivity index (χ1n) is 9.87. The Bertz CT molecular complexity index is 1050. The molecule has 0 spiro atoms. The minimum Gasteiger partial charge on any atom is -0.497 e. The number of sulfonamides is 1. The van der Waals surface area contributed by atoms with E-state index in [9.17, 15) is 13.2 Å². The second-order valence-corrected chi connectivity index (χ2v) is 9.19. The Hall–Kier alpha value is -3.09. The fourth-order valence-electron chi connectivity index (χ4n) is 3.51. The van der Waals surface area contributed by atoms with Crippen molar-refractivity contribution in [2.24, 2.45) is 5.92 Å². The minimum absolute atomic E-state index is 0.0998. The molecule has 9 heteroatoms. The molecule has 8 nitrogen and oxygen atoms in total. The van der Waals surface area contributed by atoms with Gasteiger partial charge in [0.2, 0.25) is 15.9 Å². The smallest absolute Gasteiger partial charge is 0.243 e. The van der Waals surface area contributed by atoms with Crippen LogP contribution in [0.15, 0.2) is 47.4 Å². The first kappa shape index (κ1) is 22.6. The maximum atomic E-state index is 12.8. The van der Waals surface area contributed by atoms with Gasteiger partial charge in [0.1, 0.15) is 11.5 Å². The van der Waals surface area contributed by atoms with E-state index >= 15 is 0 Å². The van der Waals surface area contributed by atoms with Crippen molar-refractivity contribution < 1.29 is 22.7 Å². The van der Waals surface area contributed by atoms with Crippen LogP contribution in [0.2, 0.25) is 0 Å². The van der Waals surface area contributed by atoms with E-state index in [0.717, 1.165) is 5.56 Å². The number of piperidine rings is 1. The van der Waals surface area contributed by atoms with Crippen LogP contribution >= 0.6 is 0 Å². The van der Waals surface area contributed by atoms with Crippen molar-refractivity contribution in [3.05, 3.63) is 53.6 Å². The summed E-state index contributed by atoms with van der Waals surface area (Å²) >= 11 is 0. The van der Waals surface area contributed by atoms with Crippen molar-refractivity contribution >= 4 is 15.9 Å². The predicted molar refractivity (Wildman–Crippen MR) is 114 cm³/mol. The highest BCUT2D eigenvalue weighted by Gasteiger charge is 2.32. The molecular formula is C22H25N3O5S. The van der Waals surface area contributed by atoms with Crippen LogP contribution in [-0.2, 0) is 21.4 Å². The molecule has 0 unspecified atom stereocenters. The maximum absolute atomic E-state index is 12.8. The van der Waals surface area contributed by atoms with E-state index in [4.69, 9.17) is 14.7 Å². The summed E-state index contributed by atoms with van der Waals surface area (Å²) < 4.78 is 37.5. The lowest BCUT2D eigenvalue weighted by Crippen LogP contribution is -2.42. The molecule has 2 aromatic rings. The summed E-state index contributed by atoms with van der Waals surface area (Å²) in [6, 6.07) is 13.2. The van der Waals surface area contributed by atoms with Crippen molar-refractivity contribution in [2.45, 2.75) is 24.3 Å². The summed E-state index contributed by atoms with van der Waals surface area (Å²) in [5, 5.41) is 11.8. The van der Waals surface area contributed by atoms with E-state index in [1.165, 1.54) is 28.6 Å². The van der Waals surface area contributed by atoms with Crippen LogP contribution in [0, 0.1) is 17.2 Å². The van der Waals surface area contributed by atoms with Gasteiger partial charge < -0.3 is 14.8 Å². The van der Waals surface area contributed by atoms with E-state index in [2.05, 4.69) is 5.32 Å². The number of methoxy groups -OCH3 is 2. The normalized spacial score (nSPS) is 15.1. The Morgan fingerprint density at radius 3 is 2.19 bits per heavy atom. The summed E-state index contributed by atoms with van der Waals surface area (Å²) in [5.41, 5.74) is 1.26. The second kappa shape index (κ2) is 9.81. The third kappa shape index (κ3) is 5.34. The Morgan fingerprint density at radius 1 is 1.10 bits per heavy atom. The van der Waals surface area contributed by atoms with Crippen LogP contribution in [0.1, 0.15) is 24.0 Å². The van der Waals surface area contributed by atoms with Crippen molar-refractivity contribution in [2.75, 3.05) is 27.3 Å². The van der Waals surface area contributed by atoms with Gasteiger partial charge in [-0.25, -0.2) is 8.42 Å². The third-order valence-electron chi connectivity index (χ3n) is 5.32. The molecule has 2 aromatic carbocycles. The molecule has 164 valence electrons. The lowest BCUT2D eigenvalue weighted by molar-refractivity contribution is -0.126. The van der Waals surface area contributed by atoms with Gasteiger partial charge in [-0.05, 0) is 54.8 Å². The van der Waals surface area contributed by atoms with E-state index in [-0.39, 0.29) is 29.8 Å². The van der Waals surface area contributed by atoms with E-state index in [0.29, 0.717) is 36.4 Å². The zero-order valence-corrected chi connectivity index (χ0v) is 18.3. The fraction of sp³-hybridized carbons (Fsp3) is 0.364. The number of carbonyl (C=O) groups is 1. The second-order valence-electron chi connectivity index (χ2n) is 7.25. The van der Waals surface area contributed by atoms with E-state index in [1.807, 2.05) is 18.2 Å². The molecule has 1 aliphatic heterocycles. The number of nitrogens with one attached hydrogen (secondary N) is 1. The number of amides is 1.